The molecule has 0 saturated carbocycles. The maximum Gasteiger partial charge on any atom is 0.340 e. The molecule has 84 valence electrons. The minimum absolute atomic E-state index is 0.185. The van der Waals surface area contributed by atoms with Gasteiger partial charge in [-0.25, -0.2) is 0 Å². The summed E-state index contributed by atoms with van der Waals surface area (Å²) in [6, 6.07) is 0. The summed E-state index contributed by atoms with van der Waals surface area (Å²) in [6.07, 6.45) is 0. The third-order valence-corrected chi connectivity index (χ3v) is 4.52. The molecule has 1 unspecified atom stereocenters. The highest BCUT2D eigenvalue weighted by Gasteiger charge is 2.35. The molecule has 0 aromatic carbocycles. The molecule has 0 bridgehead atoms. The monoisotopic (exact) mass is 243 g/mol. The first-order chi connectivity index (χ1) is 6.51. The molecule has 0 heterocycles. The van der Waals surface area contributed by atoms with Gasteiger partial charge >= 0.3 is 7.60 Å². The summed E-state index contributed by atoms with van der Waals surface area (Å²) >= 11 is 5.54. The van der Waals surface area contributed by atoms with Crippen LogP contribution in [0.1, 0.15) is 20.8 Å². The molecule has 0 saturated heterocycles. The highest BCUT2D eigenvalue weighted by Crippen LogP contribution is 2.53. The largest absolute Gasteiger partial charge is 0.410 e. The molecular formula is C7H15ClNO4P. The molecule has 0 aliphatic rings. The van der Waals surface area contributed by atoms with Gasteiger partial charge in [-0.1, -0.05) is 16.8 Å². The Hall–Kier alpha value is -0.0900. The van der Waals surface area contributed by atoms with Crippen molar-refractivity contribution in [2.75, 3.05) is 13.2 Å². The fraction of sp³-hybridized carbons (Fsp3) is 0.857. The molecule has 1 N–H and O–H groups in total. The van der Waals surface area contributed by atoms with Gasteiger partial charge in [0, 0.05) is 0 Å². The topological polar surface area (TPSA) is 68.1 Å². The van der Waals surface area contributed by atoms with Crippen LogP contribution >= 0.6 is 19.2 Å². The van der Waals surface area contributed by atoms with Crippen molar-refractivity contribution in [3.63, 3.8) is 0 Å². The van der Waals surface area contributed by atoms with E-state index in [-0.39, 0.29) is 18.4 Å². The normalized spacial score (nSPS) is 15.6. The van der Waals surface area contributed by atoms with Crippen LogP contribution in [0.5, 0.6) is 0 Å². The van der Waals surface area contributed by atoms with Crippen LogP contribution in [0.3, 0.4) is 0 Å². The number of hydrogen-bond donors (Lipinski definition) is 1. The van der Waals surface area contributed by atoms with Crippen LogP contribution in [0.15, 0.2) is 5.16 Å². The van der Waals surface area contributed by atoms with E-state index in [0.29, 0.717) is 0 Å². The predicted octanol–water partition coefficient (Wildman–Crippen LogP) is 2.67. The van der Waals surface area contributed by atoms with E-state index in [1.54, 1.807) is 13.8 Å². The standard InChI is InChI=1S/C7H15ClNO4P/c1-4-12-14(11,13-5-2)6(3)7(8)9-10/h6,10H,4-5H2,1-3H3/b9-7-. The van der Waals surface area contributed by atoms with Crippen molar-refractivity contribution in [1.82, 2.24) is 0 Å². The zero-order valence-corrected chi connectivity index (χ0v) is 10.1. The van der Waals surface area contributed by atoms with E-state index >= 15 is 0 Å². The fourth-order valence-corrected chi connectivity index (χ4v) is 2.75. The van der Waals surface area contributed by atoms with Crippen molar-refractivity contribution in [1.29, 1.82) is 0 Å². The van der Waals surface area contributed by atoms with E-state index in [2.05, 4.69) is 5.16 Å². The molecule has 0 fully saturated rings. The molecule has 0 aliphatic carbocycles. The number of halogens is 1. The van der Waals surface area contributed by atoms with Crippen LogP contribution in [-0.2, 0) is 13.6 Å². The van der Waals surface area contributed by atoms with Crippen LogP contribution in [-0.4, -0.2) is 29.3 Å². The maximum atomic E-state index is 12.0. The van der Waals surface area contributed by atoms with E-state index in [9.17, 15) is 4.57 Å². The molecule has 0 aromatic heterocycles. The van der Waals surface area contributed by atoms with Crippen molar-refractivity contribution in [2.45, 2.75) is 26.4 Å². The summed E-state index contributed by atoms with van der Waals surface area (Å²) in [6.45, 7) is 5.41. The minimum Gasteiger partial charge on any atom is -0.410 e. The smallest absolute Gasteiger partial charge is 0.340 e. The van der Waals surface area contributed by atoms with Gasteiger partial charge < -0.3 is 14.3 Å². The summed E-state index contributed by atoms with van der Waals surface area (Å²) in [4.78, 5) is 0. The van der Waals surface area contributed by atoms with Crippen molar-refractivity contribution in [2.24, 2.45) is 5.16 Å². The zero-order valence-electron chi connectivity index (χ0n) is 8.44. The van der Waals surface area contributed by atoms with Crippen molar-refractivity contribution in [3.8, 4) is 0 Å². The van der Waals surface area contributed by atoms with E-state index < -0.39 is 13.3 Å². The van der Waals surface area contributed by atoms with Crippen molar-refractivity contribution < 1.29 is 18.8 Å². The molecular weight excluding hydrogens is 229 g/mol. The van der Waals surface area contributed by atoms with Crippen LogP contribution < -0.4 is 0 Å². The Morgan fingerprint density at radius 3 is 2.21 bits per heavy atom. The number of nitrogens with zero attached hydrogens (tertiary/aromatic N) is 1. The number of hydrogen-bond acceptors (Lipinski definition) is 5. The highest BCUT2D eigenvalue weighted by atomic mass is 35.5. The van der Waals surface area contributed by atoms with Gasteiger partial charge in [0.05, 0.1) is 13.2 Å². The number of rotatable bonds is 6. The SMILES string of the molecule is CCOP(=O)(OCC)C(C)/C(Cl)=N/O. The Morgan fingerprint density at radius 2 is 1.93 bits per heavy atom. The van der Waals surface area contributed by atoms with E-state index in [4.69, 9.17) is 25.9 Å². The van der Waals surface area contributed by atoms with Crippen LogP contribution in [0.4, 0.5) is 0 Å². The second kappa shape index (κ2) is 6.40. The van der Waals surface area contributed by atoms with E-state index in [1.807, 2.05) is 0 Å². The lowest BCUT2D eigenvalue weighted by Gasteiger charge is -2.21. The van der Waals surface area contributed by atoms with Crippen molar-refractivity contribution >= 4 is 24.4 Å². The van der Waals surface area contributed by atoms with E-state index in [1.165, 1.54) is 6.92 Å². The average Bonchev–Trinajstić information content (AvgIpc) is 2.16. The Kier molecular flexibility index (Phi) is 6.36. The van der Waals surface area contributed by atoms with Gasteiger partial charge in [0.1, 0.15) is 5.66 Å². The highest BCUT2D eigenvalue weighted by molar-refractivity contribution is 7.56. The molecule has 0 aromatic rings. The van der Waals surface area contributed by atoms with Gasteiger partial charge in [-0.05, 0) is 20.8 Å². The van der Waals surface area contributed by atoms with Crippen LogP contribution in [0.25, 0.3) is 0 Å². The number of oxime groups is 1. The maximum absolute atomic E-state index is 12.0. The molecule has 14 heavy (non-hydrogen) atoms. The first-order valence-corrected chi connectivity index (χ1v) is 6.27. The molecule has 5 nitrogen and oxygen atoms in total. The third-order valence-electron chi connectivity index (χ3n) is 1.53. The molecule has 0 rings (SSSR count). The summed E-state index contributed by atoms with van der Waals surface area (Å²) in [5, 5.41) is 11.0. The molecule has 7 heteroatoms. The molecule has 0 spiro atoms. The lowest BCUT2D eigenvalue weighted by molar-refractivity contribution is 0.217. The van der Waals surface area contributed by atoms with Crippen LogP contribution in [0.2, 0.25) is 0 Å². The van der Waals surface area contributed by atoms with Gasteiger partial charge in [-0.15, -0.1) is 0 Å². The van der Waals surface area contributed by atoms with E-state index in [0.717, 1.165) is 0 Å². The first-order valence-electron chi connectivity index (χ1n) is 4.28. The van der Waals surface area contributed by atoms with Gasteiger partial charge in [-0.2, -0.15) is 0 Å². The predicted molar refractivity (Wildman–Crippen MR) is 55.4 cm³/mol. The minimum atomic E-state index is -3.31. The van der Waals surface area contributed by atoms with Gasteiger partial charge in [0.15, 0.2) is 5.17 Å². The lowest BCUT2D eigenvalue weighted by Crippen LogP contribution is -2.16. The molecule has 0 amide bonds. The Bertz CT molecular complexity index is 236. The zero-order chi connectivity index (χ0) is 11.2. The summed E-state index contributed by atoms with van der Waals surface area (Å²) < 4.78 is 22.0. The lowest BCUT2D eigenvalue weighted by atomic mass is 10.5. The summed E-state index contributed by atoms with van der Waals surface area (Å²) in [7, 11) is -3.31. The second-order valence-electron chi connectivity index (χ2n) is 2.47. The summed E-state index contributed by atoms with van der Waals surface area (Å²) in [5.74, 6) is 0. The van der Waals surface area contributed by atoms with Crippen molar-refractivity contribution in [3.05, 3.63) is 0 Å². The summed E-state index contributed by atoms with van der Waals surface area (Å²) in [5.41, 5.74) is -0.755. The molecule has 1 atom stereocenters. The van der Waals surface area contributed by atoms with Gasteiger partial charge in [0.25, 0.3) is 0 Å². The van der Waals surface area contributed by atoms with Gasteiger partial charge in [0.2, 0.25) is 0 Å². The second-order valence-corrected chi connectivity index (χ2v) is 5.23. The molecule has 0 radical (unpaired) electrons. The Labute approximate surface area is 88.6 Å². The average molecular weight is 244 g/mol. The quantitative estimate of drug-likeness (QED) is 0.337. The molecule has 0 aliphatic heterocycles. The first kappa shape index (κ1) is 13.9. The van der Waals surface area contributed by atoms with Crippen LogP contribution in [0, 0.1) is 0 Å². The Morgan fingerprint density at radius 1 is 1.50 bits per heavy atom. The third kappa shape index (κ3) is 3.58. The van der Waals surface area contributed by atoms with Gasteiger partial charge in [-0.3, -0.25) is 4.57 Å². The Balaban J connectivity index is 4.72. The fourth-order valence-electron chi connectivity index (χ4n) is 0.835.